The molecule has 0 aliphatic carbocycles. The third-order valence-electron chi connectivity index (χ3n) is 3.94. The second-order valence-corrected chi connectivity index (χ2v) is 5.54. The van der Waals surface area contributed by atoms with Crippen LogP contribution >= 0.6 is 0 Å². The van der Waals surface area contributed by atoms with E-state index in [0.29, 0.717) is 0 Å². The van der Waals surface area contributed by atoms with Gasteiger partial charge in [-0.15, -0.1) is 0 Å². The van der Waals surface area contributed by atoms with Gasteiger partial charge in [-0.2, -0.15) is 0 Å². The van der Waals surface area contributed by atoms with Crippen LogP contribution in [-0.2, 0) is 6.42 Å². The van der Waals surface area contributed by atoms with Gasteiger partial charge in [-0.3, -0.25) is 0 Å². The molecule has 0 aromatic heterocycles. The highest BCUT2D eigenvalue weighted by atomic mass is 15.1. The first-order valence-electron chi connectivity index (χ1n) is 7.28. The lowest BCUT2D eigenvalue weighted by Crippen LogP contribution is -2.32. The van der Waals surface area contributed by atoms with Crippen LogP contribution in [0.5, 0.6) is 0 Å². The van der Waals surface area contributed by atoms with Gasteiger partial charge in [-0.1, -0.05) is 30.3 Å². The maximum atomic E-state index is 3.50. The Balaban J connectivity index is 1.61. The van der Waals surface area contributed by atoms with E-state index in [0.717, 1.165) is 5.92 Å². The number of hydrogen-bond acceptors (Lipinski definition) is 2. The minimum Gasteiger partial charge on any atom is -0.316 e. The van der Waals surface area contributed by atoms with E-state index in [4.69, 9.17) is 0 Å². The molecule has 100 valence electrons. The van der Waals surface area contributed by atoms with Gasteiger partial charge in [-0.25, -0.2) is 0 Å². The lowest BCUT2D eigenvalue weighted by Gasteiger charge is -2.25. The molecule has 1 aliphatic heterocycles. The predicted octanol–water partition coefficient (Wildman–Crippen LogP) is 2.55. The minimum atomic E-state index is 0.901. The van der Waals surface area contributed by atoms with Crippen LogP contribution in [0, 0.1) is 5.92 Å². The molecule has 2 nitrogen and oxygen atoms in total. The third kappa shape index (κ3) is 4.79. The average molecular weight is 246 g/mol. The largest absolute Gasteiger partial charge is 0.316 e. The number of benzene rings is 1. The van der Waals surface area contributed by atoms with Crippen LogP contribution < -0.4 is 5.32 Å². The number of likely N-dealkylation sites (N-methyl/N-ethyl adjacent to an activating group) is 1. The summed E-state index contributed by atoms with van der Waals surface area (Å²) in [6.45, 7) is 4.86. The molecular formula is C16H26N2. The van der Waals surface area contributed by atoms with E-state index >= 15 is 0 Å². The van der Waals surface area contributed by atoms with Gasteiger partial charge in [0, 0.05) is 6.54 Å². The van der Waals surface area contributed by atoms with Crippen molar-refractivity contribution < 1.29 is 0 Å². The number of nitrogens with one attached hydrogen (secondary N) is 1. The lowest BCUT2D eigenvalue weighted by molar-refractivity contribution is 0.275. The molecule has 1 unspecified atom stereocenters. The average Bonchev–Trinajstić information content (AvgIpc) is 2.45. The SMILES string of the molecule is CN(CCc1ccccc1)CCC1CCCNC1. The molecule has 1 fully saturated rings. The Bertz CT molecular complexity index is 317. The van der Waals surface area contributed by atoms with Crippen LogP contribution in [0.25, 0.3) is 0 Å². The first kappa shape index (κ1) is 13.6. The molecule has 18 heavy (non-hydrogen) atoms. The zero-order valence-corrected chi connectivity index (χ0v) is 11.6. The van der Waals surface area contributed by atoms with Gasteiger partial charge < -0.3 is 10.2 Å². The molecule has 1 aromatic rings. The van der Waals surface area contributed by atoms with Gasteiger partial charge in [0.25, 0.3) is 0 Å². The van der Waals surface area contributed by atoms with E-state index in [1.807, 2.05) is 0 Å². The number of nitrogens with zero attached hydrogens (tertiary/aromatic N) is 1. The summed E-state index contributed by atoms with van der Waals surface area (Å²) in [5, 5.41) is 3.50. The fourth-order valence-corrected chi connectivity index (χ4v) is 2.65. The monoisotopic (exact) mass is 246 g/mol. The molecule has 2 rings (SSSR count). The first-order valence-corrected chi connectivity index (χ1v) is 7.28. The summed E-state index contributed by atoms with van der Waals surface area (Å²) >= 11 is 0. The smallest absolute Gasteiger partial charge is 0.00188 e. The summed E-state index contributed by atoms with van der Waals surface area (Å²) in [4.78, 5) is 2.47. The van der Waals surface area contributed by atoms with Crippen LogP contribution in [0.15, 0.2) is 30.3 Å². The van der Waals surface area contributed by atoms with Gasteiger partial charge in [0.1, 0.15) is 0 Å². The standard InChI is InChI=1S/C16H26N2/c1-18(12-9-15-6-3-2-4-7-15)13-10-16-8-5-11-17-14-16/h2-4,6-7,16-17H,5,8-14H2,1H3. The van der Waals surface area contributed by atoms with Gasteiger partial charge in [0.2, 0.25) is 0 Å². The van der Waals surface area contributed by atoms with Crippen LogP contribution in [-0.4, -0.2) is 38.1 Å². The van der Waals surface area contributed by atoms with E-state index in [9.17, 15) is 0 Å². The Hall–Kier alpha value is -0.860. The van der Waals surface area contributed by atoms with Crippen molar-refractivity contribution in [2.24, 2.45) is 5.92 Å². The molecule has 1 atom stereocenters. The van der Waals surface area contributed by atoms with Crippen molar-refractivity contribution in [1.29, 1.82) is 0 Å². The fourth-order valence-electron chi connectivity index (χ4n) is 2.65. The molecule has 1 heterocycles. The maximum Gasteiger partial charge on any atom is 0.00188 e. The third-order valence-corrected chi connectivity index (χ3v) is 3.94. The number of rotatable bonds is 6. The van der Waals surface area contributed by atoms with Crippen molar-refractivity contribution in [1.82, 2.24) is 10.2 Å². The molecule has 0 saturated carbocycles. The van der Waals surface area contributed by atoms with Crippen molar-refractivity contribution >= 4 is 0 Å². The molecule has 1 aromatic carbocycles. The van der Waals surface area contributed by atoms with Gasteiger partial charge >= 0.3 is 0 Å². The van der Waals surface area contributed by atoms with Gasteiger partial charge in [0.15, 0.2) is 0 Å². The second-order valence-electron chi connectivity index (χ2n) is 5.54. The molecule has 0 spiro atoms. The molecular weight excluding hydrogens is 220 g/mol. The highest BCUT2D eigenvalue weighted by Gasteiger charge is 2.13. The van der Waals surface area contributed by atoms with Crippen LogP contribution in [0.2, 0.25) is 0 Å². The molecule has 1 aliphatic rings. The maximum absolute atomic E-state index is 3.50. The predicted molar refractivity (Wildman–Crippen MR) is 77.9 cm³/mol. The van der Waals surface area contributed by atoms with Crippen molar-refractivity contribution in [3.8, 4) is 0 Å². The highest BCUT2D eigenvalue weighted by molar-refractivity contribution is 5.14. The fraction of sp³-hybridized carbons (Fsp3) is 0.625. The van der Waals surface area contributed by atoms with Crippen LogP contribution in [0.3, 0.4) is 0 Å². The van der Waals surface area contributed by atoms with Crippen molar-refractivity contribution in [2.45, 2.75) is 25.7 Å². The Morgan fingerprint density at radius 1 is 1.22 bits per heavy atom. The van der Waals surface area contributed by atoms with Gasteiger partial charge in [-0.05, 0) is 63.8 Å². The molecule has 0 radical (unpaired) electrons. The van der Waals surface area contributed by atoms with E-state index in [2.05, 4.69) is 47.6 Å². The summed E-state index contributed by atoms with van der Waals surface area (Å²) in [5.41, 5.74) is 1.45. The topological polar surface area (TPSA) is 15.3 Å². The van der Waals surface area contributed by atoms with Crippen molar-refractivity contribution in [2.75, 3.05) is 33.2 Å². The summed E-state index contributed by atoms with van der Waals surface area (Å²) in [7, 11) is 2.25. The van der Waals surface area contributed by atoms with E-state index < -0.39 is 0 Å². The summed E-state index contributed by atoms with van der Waals surface area (Å²) in [6.07, 6.45) is 5.29. The van der Waals surface area contributed by atoms with Crippen LogP contribution in [0.4, 0.5) is 0 Å². The van der Waals surface area contributed by atoms with E-state index in [1.54, 1.807) is 0 Å². The summed E-state index contributed by atoms with van der Waals surface area (Å²) < 4.78 is 0. The minimum absolute atomic E-state index is 0.901. The van der Waals surface area contributed by atoms with Crippen LogP contribution in [0.1, 0.15) is 24.8 Å². The Morgan fingerprint density at radius 2 is 2.06 bits per heavy atom. The Labute approximate surface area is 111 Å². The molecule has 1 N–H and O–H groups in total. The van der Waals surface area contributed by atoms with Gasteiger partial charge in [0.05, 0.1) is 0 Å². The second kappa shape index (κ2) is 7.55. The lowest BCUT2D eigenvalue weighted by atomic mass is 9.96. The number of piperidine rings is 1. The quantitative estimate of drug-likeness (QED) is 0.830. The zero-order valence-electron chi connectivity index (χ0n) is 11.6. The highest BCUT2D eigenvalue weighted by Crippen LogP contribution is 2.14. The molecule has 0 amide bonds. The molecule has 2 heteroatoms. The summed E-state index contributed by atoms with van der Waals surface area (Å²) in [6, 6.07) is 10.8. The van der Waals surface area contributed by atoms with Crippen molar-refractivity contribution in [3.05, 3.63) is 35.9 Å². The normalized spacial score (nSPS) is 20.2. The van der Waals surface area contributed by atoms with Crippen molar-refractivity contribution in [3.63, 3.8) is 0 Å². The number of hydrogen-bond donors (Lipinski definition) is 1. The first-order chi connectivity index (χ1) is 8.84. The Morgan fingerprint density at radius 3 is 2.78 bits per heavy atom. The van der Waals surface area contributed by atoms with E-state index in [-0.39, 0.29) is 0 Å². The molecule has 0 bridgehead atoms. The zero-order chi connectivity index (χ0) is 12.6. The van der Waals surface area contributed by atoms with E-state index in [1.165, 1.54) is 57.4 Å². The molecule has 1 saturated heterocycles. The summed E-state index contributed by atoms with van der Waals surface area (Å²) in [5.74, 6) is 0.901. The Kier molecular flexibility index (Phi) is 5.69.